The van der Waals surface area contributed by atoms with Crippen LogP contribution in [-0.4, -0.2) is 65.0 Å². The highest BCUT2D eigenvalue weighted by Crippen LogP contribution is 2.38. The number of alkyl halides is 3. The minimum atomic E-state index is -4.11. The molecule has 0 aromatic carbocycles. The van der Waals surface area contributed by atoms with Crippen molar-refractivity contribution >= 4 is 22.5 Å². The van der Waals surface area contributed by atoms with Gasteiger partial charge in [0.15, 0.2) is 0 Å². The number of anilines is 2. The van der Waals surface area contributed by atoms with E-state index >= 15 is 0 Å². The SMILES string of the molecule is COc1cnc2cc(NC3CC(C)NN3)nc(NC3C[C@H]4CC[C@@H](C3)N4CCC(F)(F)F)c2c1. The Morgan fingerprint density at radius 1 is 1.12 bits per heavy atom. The van der Waals surface area contributed by atoms with Gasteiger partial charge in [-0.2, -0.15) is 13.2 Å². The van der Waals surface area contributed by atoms with Crippen molar-refractivity contribution in [2.45, 2.75) is 82.0 Å². The molecule has 3 fully saturated rings. The first-order valence-electron chi connectivity index (χ1n) is 12.0. The van der Waals surface area contributed by atoms with E-state index in [4.69, 9.17) is 9.72 Å². The predicted octanol–water partition coefficient (Wildman–Crippen LogP) is 3.62. The Kier molecular flexibility index (Phi) is 6.43. The number of fused-ring (bicyclic) bond motifs is 3. The first kappa shape index (κ1) is 23.4. The van der Waals surface area contributed by atoms with Crippen molar-refractivity contribution in [1.82, 2.24) is 25.7 Å². The molecule has 3 saturated heterocycles. The monoisotopic (exact) mass is 479 g/mol. The van der Waals surface area contributed by atoms with Gasteiger partial charge in [0.25, 0.3) is 0 Å². The molecule has 11 heteroatoms. The summed E-state index contributed by atoms with van der Waals surface area (Å²) in [5.74, 6) is 2.08. The van der Waals surface area contributed by atoms with Crippen LogP contribution in [0.25, 0.3) is 10.9 Å². The molecule has 2 aromatic heterocycles. The van der Waals surface area contributed by atoms with Gasteiger partial charge in [0.2, 0.25) is 0 Å². The van der Waals surface area contributed by atoms with E-state index < -0.39 is 12.6 Å². The van der Waals surface area contributed by atoms with E-state index in [-0.39, 0.29) is 30.8 Å². The fourth-order valence-corrected chi connectivity index (χ4v) is 5.59. The minimum Gasteiger partial charge on any atom is -0.495 e. The quantitative estimate of drug-likeness (QED) is 0.479. The molecule has 2 aromatic rings. The van der Waals surface area contributed by atoms with Gasteiger partial charge in [0.05, 0.1) is 31.4 Å². The van der Waals surface area contributed by atoms with Gasteiger partial charge >= 0.3 is 6.18 Å². The number of hydrogen-bond acceptors (Lipinski definition) is 8. The molecule has 0 saturated carbocycles. The van der Waals surface area contributed by atoms with Gasteiger partial charge in [0.1, 0.15) is 17.4 Å². The van der Waals surface area contributed by atoms with Crippen molar-refractivity contribution in [2.24, 2.45) is 0 Å². The van der Waals surface area contributed by atoms with Crippen molar-refractivity contribution in [1.29, 1.82) is 0 Å². The summed E-state index contributed by atoms with van der Waals surface area (Å²) in [5.41, 5.74) is 7.22. The second-order valence-electron chi connectivity index (χ2n) is 9.72. The van der Waals surface area contributed by atoms with Crippen molar-refractivity contribution in [3.63, 3.8) is 0 Å². The van der Waals surface area contributed by atoms with Crippen LogP contribution in [0.1, 0.15) is 45.4 Å². The largest absolute Gasteiger partial charge is 0.495 e. The van der Waals surface area contributed by atoms with Crippen LogP contribution in [0.2, 0.25) is 0 Å². The highest BCUT2D eigenvalue weighted by Gasteiger charge is 2.42. The number of piperidine rings is 1. The van der Waals surface area contributed by atoms with Gasteiger partial charge in [-0.3, -0.25) is 15.3 Å². The van der Waals surface area contributed by atoms with Crippen molar-refractivity contribution < 1.29 is 17.9 Å². The molecule has 4 N–H and O–H groups in total. The Bertz CT molecular complexity index is 1010. The molecular formula is C23H32F3N7O. The van der Waals surface area contributed by atoms with Gasteiger partial charge in [-0.25, -0.2) is 10.4 Å². The van der Waals surface area contributed by atoms with E-state index in [0.717, 1.165) is 48.8 Å². The Morgan fingerprint density at radius 2 is 1.88 bits per heavy atom. The molecule has 3 aliphatic rings. The summed E-state index contributed by atoms with van der Waals surface area (Å²) in [6, 6.07) is 4.70. The molecule has 0 aliphatic carbocycles. The maximum absolute atomic E-state index is 12.8. The van der Waals surface area contributed by atoms with E-state index in [1.807, 2.05) is 12.1 Å². The average Bonchev–Trinajstić information content (AvgIpc) is 3.30. The van der Waals surface area contributed by atoms with Gasteiger partial charge in [0, 0.05) is 42.2 Å². The van der Waals surface area contributed by atoms with Crippen LogP contribution < -0.4 is 26.2 Å². The number of aromatic nitrogens is 2. The first-order chi connectivity index (χ1) is 16.3. The summed E-state index contributed by atoms with van der Waals surface area (Å²) >= 11 is 0. The fourth-order valence-electron chi connectivity index (χ4n) is 5.59. The number of rotatable bonds is 7. The molecule has 3 aliphatic heterocycles. The summed E-state index contributed by atoms with van der Waals surface area (Å²) in [6.07, 6.45) is 1.31. The van der Waals surface area contributed by atoms with Gasteiger partial charge in [-0.15, -0.1) is 0 Å². The summed E-state index contributed by atoms with van der Waals surface area (Å²) in [7, 11) is 1.60. The average molecular weight is 480 g/mol. The maximum Gasteiger partial charge on any atom is 0.390 e. The van der Waals surface area contributed by atoms with Crippen molar-refractivity contribution in [3.8, 4) is 5.75 Å². The molecule has 34 heavy (non-hydrogen) atoms. The lowest BCUT2D eigenvalue weighted by Crippen LogP contribution is -2.47. The minimum absolute atomic E-state index is 0.0544. The summed E-state index contributed by atoms with van der Waals surface area (Å²) in [6.45, 7) is 2.20. The van der Waals surface area contributed by atoms with E-state index in [1.54, 1.807) is 13.3 Å². The van der Waals surface area contributed by atoms with Crippen LogP contribution in [0, 0.1) is 0 Å². The number of methoxy groups -OCH3 is 1. The van der Waals surface area contributed by atoms with Crippen LogP contribution in [0.5, 0.6) is 5.75 Å². The lowest BCUT2D eigenvalue weighted by atomic mass is 9.96. The number of pyridine rings is 2. The highest BCUT2D eigenvalue weighted by molar-refractivity contribution is 5.92. The summed E-state index contributed by atoms with van der Waals surface area (Å²) in [5, 5.41) is 7.90. The van der Waals surface area contributed by atoms with E-state index in [9.17, 15) is 13.2 Å². The van der Waals surface area contributed by atoms with Crippen LogP contribution in [0.15, 0.2) is 18.3 Å². The highest BCUT2D eigenvalue weighted by atomic mass is 19.4. The van der Waals surface area contributed by atoms with E-state index in [1.165, 1.54) is 0 Å². The van der Waals surface area contributed by atoms with Crippen LogP contribution in [0.3, 0.4) is 0 Å². The maximum atomic E-state index is 12.8. The molecular weight excluding hydrogens is 447 g/mol. The second kappa shape index (κ2) is 9.35. The molecule has 5 atom stereocenters. The third kappa shape index (κ3) is 5.16. The zero-order valence-corrected chi connectivity index (χ0v) is 19.5. The van der Waals surface area contributed by atoms with Crippen LogP contribution in [-0.2, 0) is 0 Å². The number of halogens is 3. The predicted molar refractivity (Wildman–Crippen MR) is 125 cm³/mol. The number of nitrogens with zero attached hydrogens (tertiary/aromatic N) is 3. The molecule has 5 heterocycles. The fraction of sp³-hybridized carbons (Fsp3) is 0.652. The standard InChI is InChI=1S/C23H32F3N7O/c1-13-7-21(32-31-13)29-20-11-19-18(10-17(34-2)12-27-19)22(30-20)28-14-8-15-3-4-16(9-14)33(15)6-5-23(24,25)26/h10-16,21,31-32H,3-9H2,1-2H3,(H2,28,29,30)/t13?,14?,15-,16+,21?. The Labute approximate surface area is 197 Å². The molecule has 3 unspecified atom stereocenters. The van der Waals surface area contributed by atoms with E-state index in [0.29, 0.717) is 17.6 Å². The Balaban J connectivity index is 1.35. The molecule has 8 nitrogen and oxygen atoms in total. The van der Waals surface area contributed by atoms with Gasteiger partial charge in [-0.1, -0.05) is 0 Å². The Morgan fingerprint density at radius 3 is 2.53 bits per heavy atom. The van der Waals surface area contributed by atoms with Crippen molar-refractivity contribution in [2.75, 3.05) is 24.3 Å². The first-order valence-corrected chi connectivity index (χ1v) is 12.0. The summed E-state index contributed by atoms with van der Waals surface area (Å²) < 4.78 is 43.7. The Hall–Kier alpha value is -2.37. The van der Waals surface area contributed by atoms with Crippen molar-refractivity contribution in [3.05, 3.63) is 18.3 Å². The number of nitrogens with one attached hydrogen (secondary N) is 4. The number of ether oxygens (including phenoxy) is 1. The third-order valence-electron chi connectivity index (χ3n) is 7.18. The number of hydrogen-bond donors (Lipinski definition) is 4. The molecule has 0 spiro atoms. The van der Waals surface area contributed by atoms with Gasteiger partial charge in [-0.05, 0) is 45.1 Å². The molecule has 2 bridgehead atoms. The molecule has 186 valence electrons. The third-order valence-corrected chi connectivity index (χ3v) is 7.18. The lowest BCUT2D eigenvalue weighted by molar-refractivity contribution is -0.140. The number of hydrazine groups is 1. The molecule has 5 rings (SSSR count). The zero-order chi connectivity index (χ0) is 23.9. The smallest absolute Gasteiger partial charge is 0.390 e. The summed E-state index contributed by atoms with van der Waals surface area (Å²) in [4.78, 5) is 11.5. The second-order valence-corrected chi connectivity index (χ2v) is 9.72. The normalized spacial score (nSPS) is 29.5. The van der Waals surface area contributed by atoms with Crippen LogP contribution >= 0.6 is 0 Å². The van der Waals surface area contributed by atoms with Gasteiger partial charge < -0.3 is 15.4 Å². The zero-order valence-electron chi connectivity index (χ0n) is 19.5. The van der Waals surface area contributed by atoms with Crippen LogP contribution in [0.4, 0.5) is 24.8 Å². The lowest BCUT2D eigenvalue weighted by Gasteiger charge is -2.39. The molecule has 0 amide bonds. The van der Waals surface area contributed by atoms with E-state index in [2.05, 4.69) is 38.3 Å². The molecule has 0 radical (unpaired) electrons. The topological polar surface area (TPSA) is 86.4 Å².